The molecule has 0 atom stereocenters. The molecule has 1 aliphatic carbocycles. The number of carbonyl (C=O) groups excluding carboxylic acids is 1. The SMILES string of the molecule is CC(C)CC(=O)c1cnc2ccc(Br)cc2c1N[C@H]1CC[C@H](N)CC1. The molecule has 2 aromatic rings. The second kappa shape index (κ2) is 7.83. The molecule has 25 heavy (non-hydrogen) atoms. The second-order valence-corrected chi connectivity index (χ2v) is 8.40. The van der Waals surface area contributed by atoms with E-state index in [2.05, 4.69) is 40.1 Å². The number of anilines is 1. The lowest BCUT2D eigenvalue weighted by Crippen LogP contribution is -2.33. The molecule has 4 nitrogen and oxygen atoms in total. The third kappa shape index (κ3) is 4.39. The highest BCUT2D eigenvalue weighted by Crippen LogP contribution is 2.32. The lowest BCUT2D eigenvalue weighted by Gasteiger charge is -2.29. The summed E-state index contributed by atoms with van der Waals surface area (Å²) in [5.74, 6) is 0.477. The maximum Gasteiger partial charge on any atom is 0.166 e. The number of nitrogens with two attached hydrogens (primary N) is 1. The van der Waals surface area contributed by atoms with E-state index in [0.717, 1.165) is 46.7 Å². The molecule has 5 heteroatoms. The van der Waals surface area contributed by atoms with Crippen LogP contribution in [0.25, 0.3) is 10.9 Å². The zero-order valence-electron chi connectivity index (χ0n) is 14.9. The van der Waals surface area contributed by atoms with Crippen LogP contribution in [0, 0.1) is 5.92 Å². The highest BCUT2D eigenvalue weighted by atomic mass is 79.9. The van der Waals surface area contributed by atoms with Crippen LogP contribution in [0.4, 0.5) is 5.69 Å². The Morgan fingerprint density at radius 1 is 1.32 bits per heavy atom. The minimum atomic E-state index is 0.152. The Morgan fingerprint density at radius 2 is 2.04 bits per heavy atom. The van der Waals surface area contributed by atoms with Crippen LogP contribution in [0.1, 0.15) is 56.3 Å². The van der Waals surface area contributed by atoms with E-state index >= 15 is 0 Å². The molecule has 0 amide bonds. The van der Waals surface area contributed by atoms with Gasteiger partial charge in [-0.25, -0.2) is 0 Å². The monoisotopic (exact) mass is 403 g/mol. The van der Waals surface area contributed by atoms with E-state index in [1.165, 1.54) is 0 Å². The van der Waals surface area contributed by atoms with Gasteiger partial charge in [0.05, 0.1) is 16.8 Å². The van der Waals surface area contributed by atoms with E-state index in [-0.39, 0.29) is 5.78 Å². The molecule has 0 bridgehead atoms. The van der Waals surface area contributed by atoms with Gasteiger partial charge in [-0.3, -0.25) is 9.78 Å². The lowest BCUT2D eigenvalue weighted by atomic mass is 9.91. The van der Waals surface area contributed by atoms with Crippen molar-refractivity contribution in [2.75, 3.05) is 5.32 Å². The standard InChI is InChI=1S/C20H26BrN3O/c1-12(2)9-19(25)17-11-23-18-8-3-13(21)10-16(18)20(17)24-15-6-4-14(22)5-7-15/h3,8,10-12,14-15H,4-7,9,22H2,1-2H3,(H,23,24)/t14-,15-. The summed E-state index contributed by atoms with van der Waals surface area (Å²) in [6.07, 6.45) is 6.40. The summed E-state index contributed by atoms with van der Waals surface area (Å²) in [6.45, 7) is 4.14. The number of aromatic nitrogens is 1. The van der Waals surface area contributed by atoms with Crippen molar-refractivity contribution in [3.63, 3.8) is 0 Å². The predicted octanol–water partition coefficient (Wildman–Crippen LogP) is 4.91. The first-order chi connectivity index (χ1) is 11.9. The number of fused-ring (bicyclic) bond motifs is 1. The van der Waals surface area contributed by atoms with Gasteiger partial charge in [-0.15, -0.1) is 0 Å². The number of rotatable bonds is 5. The molecule has 0 radical (unpaired) electrons. The number of Topliss-reactive ketones (excluding diaryl/α,β-unsaturated/α-hetero) is 1. The Labute approximate surface area is 157 Å². The zero-order chi connectivity index (χ0) is 18.0. The molecule has 3 N–H and O–H groups in total. The van der Waals surface area contributed by atoms with Crippen molar-refractivity contribution in [3.05, 3.63) is 34.4 Å². The molecule has 134 valence electrons. The largest absolute Gasteiger partial charge is 0.381 e. The predicted molar refractivity (Wildman–Crippen MR) is 107 cm³/mol. The van der Waals surface area contributed by atoms with Gasteiger partial charge in [0.2, 0.25) is 0 Å². The van der Waals surface area contributed by atoms with Gasteiger partial charge >= 0.3 is 0 Å². The van der Waals surface area contributed by atoms with E-state index in [1.54, 1.807) is 6.20 Å². The molecule has 1 fully saturated rings. The van der Waals surface area contributed by atoms with Crippen molar-refractivity contribution in [2.45, 2.75) is 58.0 Å². The molecule has 0 aliphatic heterocycles. The van der Waals surface area contributed by atoms with Gasteiger partial charge in [0.15, 0.2) is 5.78 Å². The fourth-order valence-electron chi connectivity index (χ4n) is 3.48. The molecule has 0 unspecified atom stereocenters. The van der Waals surface area contributed by atoms with Crippen molar-refractivity contribution < 1.29 is 4.79 Å². The molecule has 0 saturated heterocycles. The third-order valence-corrected chi connectivity index (χ3v) is 5.34. The molecule has 0 spiro atoms. The Hall–Kier alpha value is -1.46. The Kier molecular flexibility index (Phi) is 5.74. The average Bonchev–Trinajstić information content (AvgIpc) is 2.56. The van der Waals surface area contributed by atoms with Gasteiger partial charge < -0.3 is 11.1 Å². The Bertz CT molecular complexity index is 767. The van der Waals surface area contributed by atoms with Gasteiger partial charge in [-0.1, -0.05) is 29.8 Å². The fourth-order valence-corrected chi connectivity index (χ4v) is 3.84. The summed E-state index contributed by atoms with van der Waals surface area (Å²) in [7, 11) is 0. The number of hydrogen-bond acceptors (Lipinski definition) is 4. The van der Waals surface area contributed by atoms with Gasteiger partial charge in [0, 0.05) is 34.6 Å². The fraction of sp³-hybridized carbons (Fsp3) is 0.500. The van der Waals surface area contributed by atoms with Crippen molar-refractivity contribution >= 4 is 38.3 Å². The second-order valence-electron chi connectivity index (χ2n) is 7.49. The van der Waals surface area contributed by atoms with E-state index in [1.807, 2.05) is 18.2 Å². The van der Waals surface area contributed by atoms with Crippen LogP contribution in [0.2, 0.25) is 0 Å². The van der Waals surface area contributed by atoms with Crippen molar-refractivity contribution in [1.82, 2.24) is 4.98 Å². The number of nitrogens with one attached hydrogen (secondary N) is 1. The summed E-state index contributed by atoms with van der Waals surface area (Å²) in [6, 6.07) is 6.68. The summed E-state index contributed by atoms with van der Waals surface area (Å²) in [5, 5.41) is 4.66. The maximum absolute atomic E-state index is 12.8. The van der Waals surface area contributed by atoms with E-state index in [9.17, 15) is 4.79 Å². The highest BCUT2D eigenvalue weighted by molar-refractivity contribution is 9.10. The van der Waals surface area contributed by atoms with Crippen LogP contribution in [-0.4, -0.2) is 22.9 Å². The van der Waals surface area contributed by atoms with Gasteiger partial charge in [0.1, 0.15) is 0 Å². The first-order valence-electron chi connectivity index (χ1n) is 9.07. The quantitative estimate of drug-likeness (QED) is 0.695. The summed E-state index contributed by atoms with van der Waals surface area (Å²) >= 11 is 3.54. The Balaban J connectivity index is 2.01. The normalized spacial score (nSPS) is 20.8. The van der Waals surface area contributed by atoms with Crippen LogP contribution in [-0.2, 0) is 0 Å². The minimum Gasteiger partial charge on any atom is -0.381 e. The number of carbonyl (C=O) groups is 1. The van der Waals surface area contributed by atoms with Crippen LogP contribution in [0.15, 0.2) is 28.9 Å². The lowest BCUT2D eigenvalue weighted by molar-refractivity contribution is 0.0968. The highest BCUT2D eigenvalue weighted by Gasteiger charge is 2.22. The summed E-state index contributed by atoms with van der Waals surface area (Å²) in [5.41, 5.74) is 8.57. The molecule has 1 aromatic carbocycles. The van der Waals surface area contributed by atoms with Crippen LogP contribution in [0.3, 0.4) is 0 Å². The molecule has 1 heterocycles. The first kappa shape index (κ1) is 18.3. The molecule has 3 rings (SSSR count). The maximum atomic E-state index is 12.8. The van der Waals surface area contributed by atoms with Crippen LogP contribution < -0.4 is 11.1 Å². The van der Waals surface area contributed by atoms with Crippen LogP contribution >= 0.6 is 15.9 Å². The molecule has 1 aromatic heterocycles. The smallest absolute Gasteiger partial charge is 0.166 e. The molecule has 1 saturated carbocycles. The van der Waals surface area contributed by atoms with Gasteiger partial charge in [0.25, 0.3) is 0 Å². The van der Waals surface area contributed by atoms with Crippen LogP contribution in [0.5, 0.6) is 0 Å². The first-order valence-corrected chi connectivity index (χ1v) is 9.87. The Morgan fingerprint density at radius 3 is 2.72 bits per heavy atom. The topological polar surface area (TPSA) is 68.0 Å². The number of benzene rings is 1. The average molecular weight is 404 g/mol. The van der Waals surface area contributed by atoms with Crippen molar-refractivity contribution in [3.8, 4) is 0 Å². The van der Waals surface area contributed by atoms with E-state index in [0.29, 0.717) is 30.0 Å². The molecular formula is C20H26BrN3O. The summed E-state index contributed by atoms with van der Waals surface area (Å²) < 4.78 is 0.990. The summed E-state index contributed by atoms with van der Waals surface area (Å²) in [4.78, 5) is 17.3. The van der Waals surface area contributed by atoms with Gasteiger partial charge in [-0.05, 0) is 49.8 Å². The number of pyridine rings is 1. The number of halogens is 1. The third-order valence-electron chi connectivity index (χ3n) is 4.84. The zero-order valence-corrected chi connectivity index (χ0v) is 16.5. The van der Waals surface area contributed by atoms with Crippen molar-refractivity contribution in [1.29, 1.82) is 0 Å². The number of hydrogen-bond donors (Lipinski definition) is 2. The minimum absolute atomic E-state index is 0.152. The molecule has 1 aliphatic rings. The molecular weight excluding hydrogens is 378 g/mol. The van der Waals surface area contributed by atoms with E-state index < -0.39 is 0 Å². The van der Waals surface area contributed by atoms with E-state index in [4.69, 9.17) is 5.73 Å². The van der Waals surface area contributed by atoms with Gasteiger partial charge in [-0.2, -0.15) is 0 Å². The number of nitrogens with zero attached hydrogens (tertiary/aromatic N) is 1. The van der Waals surface area contributed by atoms with Crippen molar-refractivity contribution in [2.24, 2.45) is 11.7 Å². The number of ketones is 1.